The standard InChI is InChI=1S/C16H16FN3O5S/c17-12-4-3-10(9-11(12)15(18)21)19-16(22)13-5-6-14(25-13)26(23,24)20-7-1-2-8-20/h3-6,9H,1-2,7-8H2,(H2,18,21)(H,19,22). The van der Waals surface area contributed by atoms with E-state index < -0.39 is 27.7 Å². The molecule has 8 nitrogen and oxygen atoms in total. The zero-order valence-corrected chi connectivity index (χ0v) is 14.4. The Kier molecular flexibility index (Phi) is 4.79. The minimum Gasteiger partial charge on any atom is -0.438 e. The van der Waals surface area contributed by atoms with Crippen molar-refractivity contribution in [2.75, 3.05) is 18.4 Å². The summed E-state index contributed by atoms with van der Waals surface area (Å²) >= 11 is 0. The molecule has 2 amide bonds. The molecule has 0 radical (unpaired) electrons. The lowest BCUT2D eigenvalue weighted by molar-refractivity contribution is 0.0983. The highest BCUT2D eigenvalue weighted by molar-refractivity contribution is 7.89. The van der Waals surface area contributed by atoms with Crippen molar-refractivity contribution < 1.29 is 26.8 Å². The minimum absolute atomic E-state index is 0.116. The summed E-state index contributed by atoms with van der Waals surface area (Å²) in [4.78, 5) is 23.4. The smallest absolute Gasteiger partial charge is 0.291 e. The van der Waals surface area contributed by atoms with Crippen LogP contribution in [0, 0.1) is 5.82 Å². The molecule has 1 saturated heterocycles. The third-order valence-corrected chi connectivity index (χ3v) is 5.73. The van der Waals surface area contributed by atoms with Crippen LogP contribution in [0.25, 0.3) is 0 Å². The molecule has 138 valence electrons. The molecule has 26 heavy (non-hydrogen) atoms. The summed E-state index contributed by atoms with van der Waals surface area (Å²) in [6.45, 7) is 0.825. The number of carbonyl (C=O) groups is 2. The zero-order valence-electron chi connectivity index (χ0n) is 13.6. The molecular formula is C16H16FN3O5S. The average Bonchev–Trinajstić information content (AvgIpc) is 3.28. The Hall–Kier alpha value is -2.72. The summed E-state index contributed by atoms with van der Waals surface area (Å²) in [6.07, 6.45) is 1.56. The van der Waals surface area contributed by atoms with Crippen molar-refractivity contribution in [1.82, 2.24) is 4.31 Å². The van der Waals surface area contributed by atoms with E-state index >= 15 is 0 Å². The molecule has 1 aromatic carbocycles. The fourth-order valence-electron chi connectivity index (χ4n) is 2.62. The lowest BCUT2D eigenvalue weighted by Gasteiger charge is -2.12. The summed E-state index contributed by atoms with van der Waals surface area (Å²) < 4.78 is 44.7. The van der Waals surface area contributed by atoms with E-state index in [4.69, 9.17) is 10.2 Å². The van der Waals surface area contributed by atoms with Crippen LogP contribution in [0.4, 0.5) is 10.1 Å². The number of anilines is 1. The number of benzene rings is 1. The number of amides is 2. The second-order valence-corrected chi connectivity index (χ2v) is 7.61. The second kappa shape index (κ2) is 6.89. The summed E-state index contributed by atoms with van der Waals surface area (Å²) in [5.74, 6) is -2.76. The minimum atomic E-state index is -3.77. The number of hydrogen-bond acceptors (Lipinski definition) is 5. The van der Waals surface area contributed by atoms with Crippen LogP contribution in [-0.4, -0.2) is 37.6 Å². The Morgan fingerprint density at radius 2 is 1.85 bits per heavy atom. The topological polar surface area (TPSA) is 123 Å². The van der Waals surface area contributed by atoms with Crippen molar-refractivity contribution in [3.63, 3.8) is 0 Å². The molecule has 3 rings (SSSR count). The monoisotopic (exact) mass is 381 g/mol. The van der Waals surface area contributed by atoms with Gasteiger partial charge in [-0.1, -0.05) is 0 Å². The Bertz CT molecular complexity index is 964. The van der Waals surface area contributed by atoms with Crippen molar-refractivity contribution in [3.8, 4) is 0 Å². The first-order chi connectivity index (χ1) is 12.3. The van der Waals surface area contributed by atoms with E-state index in [0.717, 1.165) is 25.0 Å². The maximum absolute atomic E-state index is 13.5. The van der Waals surface area contributed by atoms with Crippen LogP contribution in [0.2, 0.25) is 0 Å². The van der Waals surface area contributed by atoms with Crippen molar-refractivity contribution in [2.45, 2.75) is 17.9 Å². The van der Waals surface area contributed by atoms with E-state index in [1.165, 1.54) is 22.5 Å². The van der Waals surface area contributed by atoms with E-state index in [2.05, 4.69) is 5.32 Å². The first kappa shape index (κ1) is 18.1. The van der Waals surface area contributed by atoms with Gasteiger partial charge in [-0.15, -0.1) is 0 Å². The molecule has 2 aromatic rings. The van der Waals surface area contributed by atoms with Gasteiger partial charge in [-0.2, -0.15) is 4.31 Å². The number of carbonyl (C=O) groups excluding carboxylic acids is 2. The van der Waals surface area contributed by atoms with Gasteiger partial charge in [0.15, 0.2) is 5.76 Å². The van der Waals surface area contributed by atoms with Crippen LogP contribution < -0.4 is 11.1 Å². The molecule has 1 aliphatic rings. The normalized spacial score (nSPS) is 15.1. The van der Waals surface area contributed by atoms with Crippen LogP contribution in [0.5, 0.6) is 0 Å². The van der Waals surface area contributed by atoms with Crippen LogP contribution >= 0.6 is 0 Å². The quantitative estimate of drug-likeness (QED) is 0.814. The van der Waals surface area contributed by atoms with E-state index in [1.54, 1.807) is 0 Å². The van der Waals surface area contributed by atoms with Crippen molar-refractivity contribution in [2.24, 2.45) is 5.73 Å². The molecule has 2 heterocycles. The molecular weight excluding hydrogens is 365 g/mol. The van der Waals surface area contributed by atoms with Gasteiger partial charge < -0.3 is 15.5 Å². The Balaban J connectivity index is 1.78. The highest BCUT2D eigenvalue weighted by Crippen LogP contribution is 2.23. The molecule has 0 bridgehead atoms. The lowest BCUT2D eigenvalue weighted by Crippen LogP contribution is -2.27. The fraction of sp³-hybridized carbons (Fsp3) is 0.250. The van der Waals surface area contributed by atoms with Gasteiger partial charge in [-0.3, -0.25) is 9.59 Å². The van der Waals surface area contributed by atoms with Gasteiger partial charge >= 0.3 is 0 Å². The lowest BCUT2D eigenvalue weighted by atomic mass is 10.1. The van der Waals surface area contributed by atoms with Crippen LogP contribution in [-0.2, 0) is 10.0 Å². The number of furan rings is 1. The molecule has 0 spiro atoms. The van der Waals surface area contributed by atoms with Gasteiger partial charge in [0.1, 0.15) is 5.82 Å². The fourth-order valence-corrected chi connectivity index (χ4v) is 4.05. The molecule has 1 aliphatic heterocycles. The van der Waals surface area contributed by atoms with E-state index in [9.17, 15) is 22.4 Å². The highest BCUT2D eigenvalue weighted by atomic mass is 32.2. The number of nitrogens with two attached hydrogens (primary N) is 1. The molecule has 0 atom stereocenters. The third kappa shape index (κ3) is 3.46. The Morgan fingerprint density at radius 1 is 1.15 bits per heavy atom. The Labute approximate surface area is 148 Å². The number of sulfonamides is 1. The molecule has 3 N–H and O–H groups in total. The second-order valence-electron chi connectivity index (χ2n) is 5.74. The molecule has 1 aromatic heterocycles. The van der Waals surface area contributed by atoms with Crippen LogP contribution in [0.3, 0.4) is 0 Å². The maximum Gasteiger partial charge on any atom is 0.291 e. The van der Waals surface area contributed by atoms with Crippen LogP contribution in [0.1, 0.15) is 33.8 Å². The number of hydrogen-bond donors (Lipinski definition) is 2. The van der Waals surface area contributed by atoms with Gasteiger partial charge in [-0.25, -0.2) is 12.8 Å². The summed E-state index contributed by atoms with van der Waals surface area (Å²) in [6, 6.07) is 5.75. The van der Waals surface area contributed by atoms with Crippen molar-refractivity contribution in [3.05, 3.63) is 47.5 Å². The van der Waals surface area contributed by atoms with Gasteiger partial charge in [0.2, 0.25) is 5.09 Å². The van der Waals surface area contributed by atoms with Gasteiger partial charge in [0, 0.05) is 18.8 Å². The number of halogens is 1. The summed E-state index contributed by atoms with van der Waals surface area (Å²) in [5, 5.41) is 2.08. The molecule has 10 heteroatoms. The average molecular weight is 381 g/mol. The maximum atomic E-state index is 13.5. The number of nitrogens with one attached hydrogen (secondary N) is 1. The molecule has 0 saturated carbocycles. The number of rotatable bonds is 5. The van der Waals surface area contributed by atoms with Crippen molar-refractivity contribution >= 4 is 27.5 Å². The largest absolute Gasteiger partial charge is 0.438 e. The summed E-state index contributed by atoms with van der Waals surface area (Å²) in [7, 11) is -3.77. The zero-order chi connectivity index (χ0) is 18.9. The van der Waals surface area contributed by atoms with E-state index in [1.807, 2.05) is 0 Å². The first-order valence-corrected chi connectivity index (χ1v) is 9.24. The van der Waals surface area contributed by atoms with Gasteiger partial charge in [0.05, 0.1) is 5.56 Å². The van der Waals surface area contributed by atoms with Crippen LogP contribution in [0.15, 0.2) is 39.8 Å². The first-order valence-electron chi connectivity index (χ1n) is 7.80. The molecule has 1 fully saturated rings. The number of nitrogens with zero attached hydrogens (tertiary/aromatic N) is 1. The van der Waals surface area contributed by atoms with Crippen molar-refractivity contribution in [1.29, 1.82) is 0 Å². The van der Waals surface area contributed by atoms with Gasteiger partial charge in [0.25, 0.3) is 21.8 Å². The Morgan fingerprint density at radius 3 is 2.50 bits per heavy atom. The highest BCUT2D eigenvalue weighted by Gasteiger charge is 2.30. The molecule has 0 aliphatic carbocycles. The van der Waals surface area contributed by atoms with E-state index in [0.29, 0.717) is 13.1 Å². The summed E-state index contributed by atoms with van der Waals surface area (Å²) in [5.41, 5.74) is 4.80. The molecule has 0 unspecified atom stereocenters. The van der Waals surface area contributed by atoms with Gasteiger partial charge in [-0.05, 0) is 43.2 Å². The SMILES string of the molecule is NC(=O)c1cc(NC(=O)c2ccc(S(=O)(=O)N3CCCC3)o2)ccc1F. The van der Waals surface area contributed by atoms with E-state index in [-0.39, 0.29) is 22.1 Å². The predicted molar refractivity (Wildman–Crippen MR) is 89.6 cm³/mol. The predicted octanol–water partition coefficient (Wildman–Crippen LogP) is 1.55. The number of primary amides is 1. The third-order valence-electron chi connectivity index (χ3n) is 3.95.